The first kappa shape index (κ1) is 47.9. The minimum Gasteiger partial charge on any atom is -0.481 e. The molecule has 0 aliphatic heterocycles. The lowest BCUT2D eigenvalue weighted by Gasteiger charge is -2.18. The van der Waals surface area contributed by atoms with Gasteiger partial charge in [-0.25, -0.2) is 0 Å². The monoisotopic (exact) mass is 711 g/mol. The summed E-state index contributed by atoms with van der Waals surface area (Å²) in [4.78, 5) is 47.7. The number of carbonyl (C=O) groups is 4. The Morgan fingerprint density at radius 1 is 0.380 bits per heavy atom. The molecule has 1 unspecified atom stereocenters. The van der Waals surface area contributed by atoms with Crippen molar-refractivity contribution in [1.29, 1.82) is 0 Å². The summed E-state index contributed by atoms with van der Waals surface area (Å²) in [6.45, 7) is 4.12. The summed E-state index contributed by atoms with van der Waals surface area (Å²) in [7, 11) is 0. The lowest BCUT2D eigenvalue weighted by atomic mass is 10.0. The minimum absolute atomic E-state index is 0.189. The summed E-state index contributed by atoms with van der Waals surface area (Å²) in [5.74, 6) is -2.88. The highest BCUT2D eigenvalue weighted by Gasteiger charge is 2.21. The van der Waals surface area contributed by atoms with E-state index in [2.05, 4.69) is 13.8 Å². The van der Waals surface area contributed by atoms with E-state index in [1.807, 2.05) is 0 Å². The van der Waals surface area contributed by atoms with Gasteiger partial charge in [0.2, 0.25) is 0 Å². The van der Waals surface area contributed by atoms with Crippen LogP contribution in [0.4, 0.5) is 0 Å². The molecular weight excluding hydrogens is 632 g/mol. The van der Waals surface area contributed by atoms with Gasteiger partial charge >= 0.3 is 23.9 Å². The first-order chi connectivity index (χ1) is 24.4. The quantitative estimate of drug-likeness (QED) is 0.0380. The van der Waals surface area contributed by atoms with Crippen molar-refractivity contribution >= 4 is 23.9 Å². The number of carbonyl (C=O) groups excluding carboxylic acids is 3. The number of ether oxygens (including phenoxy) is 3. The van der Waals surface area contributed by atoms with Gasteiger partial charge in [0.1, 0.15) is 0 Å². The van der Waals surface area contributed by atoms with Crippen LogP contribution in [-0.4, -0.2) is 41.9 Å². The summed E-state index contributed by atoms with van der Waals surface area (Å²) < 4.78 is 15.8. The number of carboxylic acids is 1. The Morgan fingerprint density at radius 3 is 0.980 bits per heavy atom. The zero-order valence-corrected chi connectivity index (χ0v) is 32.6. The summed E-state index contributed by atoms with van der Waals surface area (Å²) in [5.41, 5.74) is 0. The van der Waals surface area contributed by atoms with Crippen LogP contribution in [0, 0.1) is 0 Å². The van der Waals surface area contributed by atoms with Crippen LogP contribution in [0.2, 0.25) is 0 Å². The van der Waals surface area contributed by atoms with Crippen LogP contribution in [0.25, 0.3) is 0 Å². The SMILES string of the molecule is CCCCCCCCCCCCCCCCCC(=O)OCC(OC(=O)CCCCCCCCCCCCCCCCC)OC(=O)CCC(=O)O. The molecule has 8 nitrogen and oxygen atoms in total. The van der Waals surface area contributed by atoms with Crippen LogP contribution in [0.1, 0.15) is 232 Å². The van der Waals surface area contributed by atoms with Crippen LogP contribution >= 0.6 is 0 Å². The maximum atomic E-state index is 12.5. The van der Waals surface area contributed by atoms with E-state index in [0.29, 0.717) is 6.42 Å². The highest BCUT2D eigenvalue weighted by atomic mass is 16.7. The van der Waals surface area contributed by atoms with Gasteiger partial charge in [-0.05, 0) is 12.8 Å². The van der Waals surface area contributed by atoms with Crippen molar-refractivity contribution in [3.63, 3.8) is 0 Å². The topological polar surface area (TPSA) is 116 Å². The largest absolute Gasteiger partial charge is 0.481 e. The lowest BCUT2D eigenvalue weighted by Crippen LogP contribution is -2.30. The number of unbranched alkanes of at least 4 members (excludes halogenated alkanes) is 28. The number of aliphatic carboxylic acids is 1. The molecule has 0 rings (SSSR count). The molecule has 0 amide bonds. The van der Waals surface area contributed by atoms with Gasteiger partial charge in [-0.3, -0.25) is 19.2 Å². The third-order valence-corrected chi connectivity index (χ3v) is 9.42. The van der Waals surface area contributed by atoms with Gasteiger partial charge in [-0.1, -0.05) is 194 Å². The van der Waals surface area contributed by atoms with E-state index in [0.717, 1.165) is 38.5 Å². The molecule has 1 N–H and O–H groups in total. The van der Waals surface area contributed by atoms with Gasteiger partial charge < -0.3 is 19.3 Å². The molecule has 0 radical (unpaired) electrons. The molecule has 8 heteroatoms. The summed E-state index contributed by atoms with van der Waals surface area (Å²) >= 11 is 0. The van der Waals surface area contributed by atoms with E-state index in [-0.39, 0.29) is 25.9 Å². The predicted octanol–water partition coefficient (Wildman–Crippen LogP) is 12.3. The molecule has 294 valence electrons. The van der Waals surface area contributed by atoms with Crippen LogP contribution in [0.5, 0.6) is 0 Å². The van der Waals surface area contributed by atoms with E-state index in [1.165, 1.54) is 148 Å². The summed E-state index contributed by atoms with van der Waals surface area (Å²) in [6.07, 6.45) is 35.5. The molecule has 0 saturated heterocycles. The van der Waals surface area contributed by atoms with Gasteiger partial charge in [0.05, 0.1) is 12.8 Å². The zero-order chi connectivity index (χ0) is 36.8. The molecule has 0 fully saturated rings. The second-order valence-electron chi connectivity index (χ2n) is 14.4. The number of esters is 3. The zero-order valence-electron chi connectivity index (χ0n) is 32.6. The highest BCUT2D eigenvalue weighted by Crippen LogP contribution is 2.16. The molecule has 0 aromatic rings. The highest BCUT2D eigenvalue weighted by molar-refractivity contribution is 5.77. The Bertz CT molecular complexity index is 799. The van der Waals surface area contributed by atoms with Crippen LogP contribution < -0.4 is 0 Å². The number of rotatable bonds is 39. The molecular formula is C42H78O8. The van der Waals surface area contributed by atoms with E-state index in [1.54, 1.807) is 0 Å². The van der Waals surface area contributed by atoms with Crippen molar-refractivity contribution in [1.82, 2.24) is 0 Å². The van der Waals surface area contributed by atoms with Gasteiger partial charge in [0.25, 0.3) is 6.29 Å². The Balaban J connectivity index is 4.03. The second kappa shape index (κ2) is 38.1. The fourth-order valence-corrected chi connectivity index (χ4v) is 6.23. The van der Waals surface area contributed by atoms with E-state index >= 15 is 0 Å². The lowest BCUT2D eigenvalue weighted by molar-refractivity contribution is -0.200. The number of carboxylic acid groups (broad SMARTS) is 1. The molecule has 0 aromatic heterocycles. The van der Waals surface area contributed by atoms with Crippen molar-refractivity contribution in [2.75, 3.05) is 6.61 Å². The standard InChI is InChI=1S/C42H78O8/c1-3-5-7-9-11-13-15-17-19-21-23-25-27-29-31-33-39(45)48-37-42(50-41(47)36-35-38(43)44)49-40(46)34-32-30-28-26-24-22-20-18-16-14-12-10-8-6-4-2/h42H,3-37H2,1-2H3,(H,43,44). The third-order valence-electron chi connectivity index (χ3n) is 9.42. The Kier molecular flexibility index (Phi) is 36.5. The minimum atomic E-state index is -1.37. The normalized spacial score (nSPS) is 11.7. The molecule has 0 heterocycles. The van der Waals surface area contributed by atoms with Gasteiger partial charge in [0.15, 0.2) is 6.61 Å². The summed E-state index contributed by atoms with van der Waals surface area (Å²) in [6, 6.07) is 0. The molecule has 0 spiro atoms. The van der Waals surface area contributed by atoms with E-state index in [4.69, 9.17) is 19.3 Å². The number of hydrogen-bond acceptors (Lipinski definition) is 7. The van der Waals surface area contributed by atoms with Gasteiger partial charge in [-0.2, -0.15) is 0 Å². The maximum absolute atomic E-state index is 12.5. The van der Waals surface area contributed by atoms with Crippen molar-refractivity contribution in [3.8, 4) is 0 Å². The first-order valence-corrected chi connectivity index (χ1v) is 21.1. The van der Waals surface area contributed by atoms with Crippen LogP contribution in [0.15, 0.2) is 0 Å². The molecule has 0 saturated carbocycles. The first-order valence-electron chi connectivity index (χ1n) is 21.1. The average Bonchev–Trinajstić information content (AvgIpc) is 3.09. The molecule has 0 aliphatic carbocycles. The Labute approximate surface area is 306 Å². The molecule has 50 heavy (non-hydrogen) atoms. The predicted molar refractivity (Wildman–Crippen MR) is 203 cm³/mol. The van der Waals surface area contributed by atoms with E-state index < -0.39 is 36.6 Å². The van der Waals surface area contributed by atoms with Gasteiger partial charge in [0, 0.05) is 12.8 Å². The van der Waals surface area contributed by atoms with Crippen LogP contribution in [0.3, 0.4) is 0 Å². The second-order valence-corrected chi connectivity index (χ2v) is 14.4. The van der Waals surface area contributed by atoms with Crippen molar-refractivity contribution in [2.45, 2.75) is 238 Å². The fourth-order valence-electron chi connectivity index (χ4n) is 6.23. The van der Waals surface area contributed by atoms with Crippen molar-refractivity contribution in [2.24, 2.45) is 0 Å². The Morgan fingerprint density at radius 2 is 0.660 bits per heavy atom. The average molecular weight is 711 g/mol. The van der Waals surface area contributed by atoms with E-state index in [9.17, 15) is 19.2 Å². The van der Waals surface area contributed by atoms with Crippen molar-refractivity contribution < 1.29 is 38.5 Å². The smallest absolute Gasteiger partial charge is 0.309 e. The fraction of sp³-hybridized carbons (Fsp3) is 0.905. The molecule has 1 atom stereocenters. The molecule has 0 bridgehead atoms. The third kappa shape index (κ3) is 37.1. The Hall–Kier alpha value is -2.12. The van der Waals surface area contributed by atoms with Gasteiger partial charge in [-0.15, -0.1) is 0 Å². The summed E-state index contributed by atoms with van der Waals surface area (Å²) in [5, 5.41) is 8.85. The molecule has 0 aliphatic rings. The molecule has 0 aromatic carbocycles. The van der Waals surface area contributed by atoms with Crippen LogP contribution in [-0.2, 0) is 33.4 Å². The number of hydrogen-bond donors (Lipinski definition) is 1. The van der Waals surface area contributed by atoms with Crippen molar-refractivity contribution in [3.05, 3.63) is 0 Å². The maximum Gasteiger partial charge on any atom is 0.309 e.